The summed E-state index contributed by atoms with van der Waals surface area (Å²) in [6.07, 6.45) is 1.78. The number of aliphatic carboxylic acids is 1. The Kier molecular flexibility index (Phi) is 4.31. The fourth-order valence-corrected chi connectivity index (χ4v) is 2.11. The van der Waals surface area contributed by atoms with E-state index in [-0.39, 0.29) is 18.9 Å². The second kappa shape index (κ2) is 5.99. The van der Waals surface area contributed by atoms with E-state index in [2.05, 4.69) is 5.32 Å². The number of hydrogen-bond acceptors (Lipinski definition) is 3. The molecule has 5 nitrogen and oxygen atoms in total. The highest BCUT2D eigenvalue weighted by Gasteiger charge is 2.15. The molecular weight excluding hydrogens is 270 g/mol. The van der Waals surface area contributed by atoms with Gasteiger partial charge in [-0.1, -0.05) is 19.1 Å². The van der Waals surface area contributed by atoms with Crippen molar-refractivity contribution in [3.63, 3.8) is 0 Å². The number of carboxylic acids is 1. The average Bonchev–Trinajstić information content (AvgIpc) is 2.83. The Morgan fingerprint density at radius 3 is 2.71 bits per heavy atom. The first-order valence-corrected chi connectivity index (χ1v) is 6.86. The monoisotopic (exact) mass is 289 g/mol. The summed E-state index contributed by atoms with van der Waals surface area (Å²) < 4.78 is 5.55. The van der Waals surface area contributed by atoms with Crippen LogP contribution < -0.4 is 5.32 Å². The lowest BCUT2D eigenvalue weighted by Gasteiger charge is -2.08. The van der Waals surface area contributed by atoms with Crippen LogP contribution in [0.15, 0.2) is 22.8 Å². The van der Waals surface area contributed by atoms with Crippen molar-refractivity contribution in [2.24, 2.45) is 5.92 Å². The van der Waals surface area contributed by atoms with E-state index in [4.69, 9.17) is 9.52 Å². The third kappa shape index (κ3) is 3.24. The topological polar surface area (TPSA) is 79.5 Å². The molecule has 5 heteroatoms. The van der Waals surface area contributed by atoms with E-state index >= 15 is 0 Å². The predicted octanol–water partition coefficient (Wildman–Crippen LogP) is 2.43. The van der Waals surface area contributed by atoms with Crippen LogP contribution in [0, 0.1) is 19.8 Å². The van der Waals surface area contributed by atoms with Gasteiger partial charge in [-0.15, -0.1) is 0 Å². The van der Waals surface area contributed by atoms with Gasteiger partial charge in [-0.2, -0.15) is 0 Å². The fraction of sp³-hybridized carbons (Fsp3) is 0.375. The minimum atomic E-state index is -0.921. The van der Waals surface area contributed by atoms with E-state index in [9.17, 15) is 9.59 Å². The number of carbonyl (C=O) groups excluding carboxylic acids is 1. The largest absolute Gasteiger partial charge is 0.481 e. The van der Waals surface area contributed by atoms with Gasteiger partial charge in [-0.3, -0.25) is 9.59 Å². The Balaban J connectivity index is 2.08. The highest BCUT2D eigenvalue weighted by Crippen LogP contribution is 2.26. The smallest absolute Gasteiger partial charge is 0.308 e. The minimum Gasteiger partial charge on any atom is -0.481 e. The molecule has 1 atom stereocenters. The highest BCUT2D eigenvalue weighted by atomic mass is 16.4. The van der Waals surface area contributed by atoms with Crippen molar-refractivity contribution in [1.82, 2.24) is 5.32 Å². The van der Waals surface area contributed by atoms with Gasteiger partial charge < -0.3 is 14.8 Å². The van der Waals surface area contributed by atoms with E-state index in [0.717, 1.165) is 27.7 Å². The van der Waals surface area contributed by atoms with Gasteiger partial charge in [0.25, 0.3) is 0 Å². The van der Waals surface area contributed by atoms with E-state index in [1.165, 1.54) is 0 Å². The third-order valence-corrected chi connectivity index (χ3v) is 3.72. The first kappa shape index (κ1) is 15.1. The Morgan fingerprint density at radius 2 is 2.05 bits per heavy atom. The molecule has 1 aromatic heterocycles. The summed E-state index contributed by atoms with van der Waals surface area (Å²) in [5.74, 6) is -1.72. The molecule has 1 unspecified atom stereocenters. The second-order valence-corrected chi connectivity index (χ2v) is 5.37. The molecule has 2 rings (SSSR count). The molecular formula is C16H19NO4. The molecule has 1 heterocycles. The molecule has 0 aliphatic heterocycles. The first-order chi connectivity index (χ1) is 9.90. The number of fused-ring (bicyclic) bond motifs is 1. The van der Waals surface area contributed by atoms with Crippen LogP contribution in [0.4, 0.5) is 0 Å². The van der Waals surface area contributed by atoms with E-state index in [0.29, 0.717) is 0 Å². The number of benzene rings is 1. The molecule has 21 heavy (non-hydrogen) atoms. The molecule has 2 N–H and O–H groups in total. The number of carbonyl (C=O) groups is 2. The SMILES string of the molecule is Cc1ccc2c(CC(=O)NCC(C)C(=O)O)coc2c1C. The lowest BCUT2D eigenvalue weighted by molar-refractivity contribution is -0.141. The Morgan fingerprint density at radius 1 is 1.33 bits per heavy atom. The van der Waals surface area contributed by atoms with Crippen LogP contribution in [0.25, 0.3) is 11.0 Å². The van der Waals surface area contributed by atoms with Crippen LogP contribution in [-0.4, -0.2) is 23.5 Å². The summed E-state index contributed by atoms with van der Waals surface area (Å²) >= 11 is 0. The van der Waals surface area contributed by atoms with Crippen LogP contribution in [0.2, 0.25) is 0 Å². The zero-order valence-corrected chi connectivity index (χ0v) is 12.4. The Hall–Kier alpha value is -2.30. The highest BCUT2D eigenvalue weighted by molar-refractivity contribution is 5.89. The van der Waals surface area contributed by atoms with Gasteiger partial charge in [0.2, 0.25) is 5.91 Å². The summed E-state index contributed by atoms with van der Waals surface area (Å²) in [5, 5.41) is 12.3. The molecule has 0 aliphatic rings. The van der Waals surface area contributed by atoms with Crippen LogP contribution in [-0.2, 0) is 16.0 Å². The summed E-state index contributed by atoms with van der Waals surface area (Å²) in [5.41, 5.74) is 3.83. The summed E-state index contributed by atoms with van der Waals surface area (Å²) in [4.78, 5) is 22.6. The number of carboxylic acid groups (broad SMARTS) is 1. The van der Waals surface area contributed by atoms with Crippen molar-refractivity contribution >= 4 is 22.8 Å². The maximum absolute atomic E-state index is 11.9. The summed E-state index contributed by atoms with van der Waals surface area (Å²) in [6.45, 7) is 5.68. The average molecular weight is 289 g/mol. The van der Waals surface area contributed by atoms with Crippen LogP contribution in [0.3, 0.4) is 0 Å². The lowest BCUT2D eigenvalue weighted by atomic mass is 10.0. The quantitative estimate of drug-likeness (QED) is 0.886. The zero-order valence-electron chi connectivity index (χ0n) is 12.4. The normalized spacial score (nSPS) is 12.3. The van der Waals surface area contributed by atoms with Gasteiger partial charge in [-0.25, -0.2) is 0 Å². The molecule has 1 amide bonds. The van der Waals surface area contributed by atoms with Crippen LogP contribution >= 0.6 is 0 Å². The summed E-state index contributed by atoms with van der Waals surface area (Å²) in [7, 11) is 0. The number of aryl methyl sites for hydroxylation is 2. The van der Waals surface area contributed by atoms with Gasteiger partial charge in [-0.05, 0) is 25.0 Å². The molecule has 0 fully saturated rings. The van der Waals surface area contributed by atoms with E-state index in [1.54, 1.807) is 13.2 Å². The maximum atomic E-state index is 11.9. The Labute approximate surface area is 122 Å². The number of nitrogens with one attached hydrogen (secondary N) is 1. The van der Waals surface area contributed by atoms with Gasteiger partial charge in [0.05, 0.1) is 18.6 Å². The molecule has 1 aromatic carbocycles. The molecule has 2 aromatic rings. The molecule has 0 saturated carbocycles. The van der Waals surface area contributed by atoms with Crippen molar-refractivity contribution in [2.75, 3.05) is 6.54 Å². The first-order valence-electron chi connectivity index (χ1n) is 6.86. The molecule has 112 valence electrons. The molecule has 0 spiro atoms. The molecule has 0 saturated heterocycles. The van der Waals surface area contributed by atoms with Gasteiger partial charge >= 0.3 is 5.97 Å². The van der Waals surface area contributed by atoms with Gasteiger partial charge in [0, 0.05) is 17.5 Å². The lowest BCUT2D eigenvalue weighted by Crippen LogP contribution is -2.32. The Bertz CT molecular complexity index is 687. The number of rotatable bonds is 5. The molecule has 0 aliphatic carbocycles. The van der Waals surface area contributed by atoms with Crippen molar-refractivity contribution in [2.45, 2.75) is 27.2 Å². The second-order valence-electron chi connectivity index (χ2n) is 5.37. The van der Waals surface area contributed by atoms with Crippen LogP contribution in [0.1, 0.15) is 23.6 Å². The standard InChI is InChI=1S/C16H19NO4/c1-9-4-5-13-12(8-21-15(13)11(9)3)6-14(18)17-7-10(2)16(19)20/h4-5,8,10H,6-7H2,1-3H3,(H,17,18)(H,19,20). The number of hydrogen-bond donors (Lipinski definition) is 2. The van der Waals surface area contributed by atoms with E-state index in [1.807, 2.05) is 26.0 Å². The predicted molar refractivity (Wildman–Crippen MR) is 79.2 cm³/mol. The third-order valence-electron chi connectivity index (χ3n) is 3.72. The van der Waals surface area contributed by atoms with Crippen molar-refractivity contribution in [3.8, 4) is 0 Å². The van der Waals surface area contributed by atoms with Crippen LogP contribution in [0.5, 0.6) is 0 Å². The van der Waals surface area contributed by atoms with Crippen molar-refractivity contribution < 1.29 is 19.1 Å². The zero-order chi connectivity index (χ0) is 15.6. The minimum absolute atomic E-state index is 0.127. The fourth-order valence-electron chi connectivity index (χ4n) is 2.11. The molecule has 0 radical (unpaired) electrons. The van der Waals surface area contributed by atoms with Gasteiger partial charge in [0.1, 0.15) is 5.58 Å². The van der Waals surface area contributed by atoms with Crippen molar-refractivity contribution in [1.29, 1.82) is 0 Å². The van der Waals surface area contributed by atoms with Gasteiger partial charge in [0.15, 0.2) is 0 Å². The maximum Gasteiger partial charge on any atom is 0.308 e. The summed E-state index contributed by atoms with van der Waals surface area (Å²) in [6, 6.07) is 3.95. The number of amides is 1. The molecule has 0 bridgehead atoms. The van der Waals surface area contributed by atoms with E-state index < -0.39 is 11.9 Å². The number of furan rings is 1. The van der Waals surface area contributed by atoms with Crippen molar-refractivity contribution in [3.05, 3.63) is 35.1 Å².